The summed E-state index contributed by atoms with van der Waals surface area (Å²) in [6, 6.07) is 18.1. The van der Waals surface area contributed by atoms with Crippen molar-refractivity contribution in [1.82, 2.24) is 0 Å². The molecule has 0 radical (unpaired) electrons. The fourth-order valence-corrected chi connectivity index (χ4v) is 4.86. The molecule has 0 saturated heterocycles. The molecule has 0 bridgehead atoms. The maximum absolute atomic E-state index is 13.4. The van der Waals surface area contributed by atoms with Gasteiger partial charge < -0.3 is 9.80 Å². The van der Waals surface area contributed by atoms with Crippen molar-refractivity contribution < 1.29 is 14.0 Å². The molecule has 0 spiro atoms. The van der Waals surface area contributed by atoms with Gasteiger partial charge in [0, 0.05) is 38.9 Å². The Hall–Kier alpha value is -2.70. The zero-order valence-corrected chi connectivity index (χ0v) is 20.6. The second-order valence-electron chi connectivity index (χ2n) is 8.08. The molecule has 0 aromatic heterocycles. The minimum atomic E-state index is -0.390. The summed E-state index contributed by atoms with van der Waals surface area (Å²) in [6.07, 6.45) is 0.889. The summed E-state index contributed by atoms with van der Waals surface area (Å²) in [5.74, 6) is -0.609. The van der Waals surface area contributed by atoms with Gasteiger partial charge in [0.15, 0.2) is 0 Å². The molecule has 170 valence electrons. The predicted octanol–water partition coefficient (Wildman–Crippen LogP) is 7.16. The second-order valence-corrected chi connectivity index (χ2v) is 9.43. The predicted molar refractivity (Wildman–Crippen MR) is 133 cm³/mol. The molecule has 7 heteroatoms. The topological polar surface area (TPSA) is 40.6 Å². The van der Waals surface area contributed by atoms with E-state index in [-0.39, 0.29) is 29.7 Å². The van der Waals surface area contributed by atoms with Gasteiger partial charge in [-0.15, -0.1) is 0 Å². The zero-order chi connectivity index (χ0) is 23.7. The Bertz CT molecular complexity index is 1180. The summed E-state index contributed by atoms with van der Waals surface area (Å²) < 4.78 is 14.3. The van der Waals surface area contributed by atoms with Crippen molar-refractivity contribution in [3.05, 3.63) is 93.2 Å². The molecule has 33 heavy (non-hydrogen) atoms. The van der Waals surface area contributed by atoms with Crippen molar-refractivity contribution in [3.8, 4) is 0 Å². The molecule has 2 amide bonds. The molecule has 1 heterocycles. The quantitative estimate of drug-likeness (QED) is 0.360. The van der Waals surface area contributed by atoms with Crippen LogP contribution in [-0.4, -0.2) is 17.9 Å². The molecule has 1 aliphatic rings. The Kier molecular flexibility index (Phi) is 6.86. The largest absolute Gasteiger partial charge is 0.305 e. The van der Waals surface area contributed by atoms with Gasteiger partial charge >= 0.3 is 0 Å². The van der Waals surface area contributed by atoms with Crippen molar-refractivity contribution >= 4 is 50.7 Å². The van der Waals surface area contributed by atoms with Crippen LogP contribution in [0.4, 0.5) is 15.8 Å². The maximum Gasteiger partial charge on any atom is 0.258 e. The van der Waals surface area contributed by atoms with Gasteiger partial charge in [0.05, 0.1) is 6.04 Å². The van der Waals surface area contributed by atoms with Crippen LogP contribution in [0.15, 0.2) is 71.2 Å². The fourth-order valence-electron chi connectivity index (χ4n) is 4.36. The number of hydrogen-bond acceptors (Lipinski definition) is 2. The van der Waals surface area contributed by atoms with E-state index >= 15 is 0 Å². The van der Waals surface area contributed by atoms with Crippen LogP contribution in [0.25, 0.3) is 0 Å². The van der Waals surface area contributed by atoms with Crippen LogP contribution in [0.3, 0.4) is 0 Å². The van der Waals surface area contributed by atoms with Crippen LogP contribution in [0.1, 0.15) is 48.7 Å². The molecule has 4 nitrogen and oxygen atoms in total. The van der Waals surface area contributed by atoms with Crippen LogP contribution in [0.5, 0.6) is 0 Å². The molecule has 1 aliphatic heterocycles. The average Bonchev–Trinajstić information content (AvgIpc) is 2.80. The van der Waals surface area contributed by atoms with Crippen molar-refractivity contribution in [2.45, 2.75) is 38.8 Å². The third-order valence-corrected chi connectivity index (χ3v) is 6.66. The minimum absolute atomic E-state index is 0.0150. The molecule has 0 saturated carbocycles. The third-order valence-electron chi connectivity index (χ3n) is 5.91. The highest BCUT2D eigenvalue weighted by Crippen LogP contribution is 2.44. The summed E-state index contributed by atoms with van der Waals surface area (Å²) in [5, 5.41) is 0.596. The lowest BCUT2D eigenvalue weighted by Crippen LogP contribution is -2.47. The number of carbonyl (C=O) groups excluding carboxylic acids is 2. The van der Waals surface area contributed by atoms with Crippen molar-refractivity contribution in [3.63, 3.8) is 0 Å². The van der Waals surface area contributed by atoms with E-state index in [1.807, 2.05) is 44.2 Å². The van der Waals surface area contributed by atoms with Crippen LogP contribution < -0.4 is 9.80 Å². The van der Waals surface area contributed by atoms with Gasteiger partial charge in [0.25, 0.3) is 5.91 Å². The molecule has 0 fully saturated rings. The number of anilines is 2. The molecule has 1 unspecified atom stereocenters. The highest BCUT2D eigenvalue weighted by Gasteiger charge is 2.38. The molecule has 3 aromatic carbocycles. The van der Waals surface area contributed by atoms with E-state index in [0.717, 1.165) is 21.4 Å². The fraction of sp³-hybridized carbons (Fsp3) is 0.231. The van der Waals surface area contributed by atoms with E-state index in [9.17, 15) is 14.0 Å². The van der Waals surface area contributed by atoms with Crippen molar-refractivity contribution in [2.24, 2.45) is 0 Å². The first kappa shape index (κ1) is 23.5. The normalized spacial score (nSPS) is 17.4. The molecule has 2 atom stereocenters. The number of nitrogens with zero attached hydrogens (tertiary/aromatic N) is 2. The molecular weight excluding hydrogens is 507 g/mol. The molecule has 0 N–H and O–H groups in total. The molecule has 4 rings (SSSR count). The summed E-state index contributed by atoms with van der Waals surface area (Å²) in [4.78, 5) is 30.1. The van der Waals surface area contributed by atoms with E-state index in [0.29, 0.717) is 23.4 Å². The minimum Gasteiger partial charge on any atom is -0.305 e. The van der Waals surface area contributed by atoms with Crippen LogP contribution in [0.2, 0.25) is 5.02 Å². The zero-order valence-electron chi connectivity index (χ0n) is 18.3. The van der Waals surface area contributed by atoms with Gasteiger partial charge in [-0.05, 0) is 85.6 Å². The van der Waals surface area contributed by atoms with Crippen molar-refractivity contribution in [2.75, 3.05) is 9.80 Å². The summed E-state index contributed by atoms with van der Waals surface area (Å²) in [7, 11) is 0. The van der Waals surface area contributed by atoms with Gasteiger partial charge in [-0.25, -0.2) is 4.39 Å². The Morgan fingerprint density at radius 2 is 1.76 bits per heavy atom. The average molecular weight is 530 g/mol. The molecule has 0 aliphatic carbocycles. The SMILES string of the molecule is CCC(=O)N(c1ccc(Cl)cc1)[C@H]1CC(C)N(C(=O)c2ccc(F)cc2)c2ccc(Br)cc21. The van der Waals surface area contributed by atoms with Crippen LogP contribution in [0, 0.1) is 5.82 Å². The van der Waals surface area contributed by atoms with Crippen LogP contribution >= 0.6 is 27.5 Å². The Morgan fingerprint density at radius 1 is 1.09 bits per heavy atom. The summed E-state index contributed by atoms with van der Waals surface area (Å²) in [6.45, 7) is 3.81. The number of benzene rings is 3. The van der Waals surface area contributed by atoms with E-state index in [2.05, 4.69) is 15.9 Å². The first-order valence-corrected chi connectivity index (χ1v) is 11.9. The van der Waals surface area contributed by atoms with Gasteiger partial charge in [0.2, 0.25) is 5.91 Å². The van der Waals surface area contributed by atoms with E-state index < -0.39 is 0 Å². The lowest BCUT2D eigenvalue weighted by Gasteiger charge is -2.43. The summed E-state index contributed by atoms with van der Waals surface area (Å²) >= 11 is 9.63. The first-order chi connectivity index (χ1) is 15.8. The van der Waals surface area contributed by atoms with Crippen molar-refractivity contribution in [1.29, 1.82) is 0 Å². The number of hydrogen-bond donors (Lipinski definition) is 0. The Labute approximate surface area is 206 Å². The van der Waals surface area contributed by atoms with Gasteiger partial charge in [0.1, 0.15) is 5.82 Å². The van der Waals surface area contributed by atoms with Crippen LogP contribution in [-0.2, 0) is 4.79 Å². The lowest BCUT2D eigenvalue weighted by molar-refractivity contribution is -0.118. The van der Waals surface area contributed by atoms with Gasteiger partial charge in [-0.2, -0.15) is 0 Å². The number of fused-ring (bicyclic) bond motifs is 1. The van der Waals surface area contributed by atoms with E-state index in [1.165, 1.54) is 24.3 Å². The molecular formula is C26H23BrClFN2O2. The number of halogens is 3. The second kappa shape index (κ2) is 9.65. The Morgan fingerprint density at radius 3 is 2.39 bits per heavy atom. The Balaban J connectivity index is 1.82. The number of carbonyl (C=O) groups is 2. The smallest absolute Gasteiger partial charge is 0.258 e. The highest BCUT2D eigenvalue weighted by atomic mass is 79.9. The maximum atomic E-state index is 13.4. The number of rotatable bonds is 4. The number of amides is 2. The van der Waals surface area contributed by atoms with Gasteiger partial charge in [-0.3, -0.25) is 9.59 Å². The highest BCUT2D eigenvalue weighted by molar-refractivity contribution is 9.10. The lowest BCUT2D eigenvalue weighted by atomic mass is 9.89. The standard InChI is InChI=1S/C26H23BrClFN2O2/c1-3-25(32)31(21-11-7-19(28)8-12-21)24-14-16(2)30(23-13-6-18(27)15-22(23)24)26(33)17-4-9-20(29)10-5-17/h4-13,15-16,24H,3,14H2,1-2H3/t16?,24-/m0/s1. The molecule has 3 aromatic rings. The first-order valence-electron chi connectivity index (χ1n) is 10.8. The van der Waals surface area contributed by atoms with Gasteiger partial charge in [-0.1, -0.05) is 34.5 Å². The third kappa shape index (κ3) is 4.68. The van der Waals surface area contributed by atoms with E-state index in [1.54, 1.807) is 21.9 Å². The monoisotopic (exact) mass is 528 g/mol. The van der Waals surface area contributed by atoms with E-state index in [4.69, 9.17) is 11.6 Å². The summed E-state index contributed by atoms with van der Waals surface area (Å²) in [5.41, 5.74) is 2.77.